The van der Waals surface area contributed by atoms with Crippen molar-refractivity contribution in [2.45, 2.75) is 5.16 Å². The molecule has 110 valence electrons. The predicted molar refractivity (Wildman–Crippen MR) is 85.5 cm³/mol. The third-order valence-corrected chi connectivity index (χ3v) is 3.91. The van der Waals surface area contributed by atoms with Crippen LogP contribution in [0.3, 0.4) is 0 Å². The van der Waals surface area contributed by atoms with Crippen LogP contribution in [0.1, 0.15) is 0 Å². The standard InChI is InChI=1S/C16H13FN4S/c1-2-11-22-16-20-19-15(12-7-9-18-10-8-12)21(16)14-5-3-13(17)4-6-14/h2-10H,1,11H2. The van der Waals surface area contributed by atoms with E-state index in [1.165, 1.54) is 23.9 Å². The summed E-state index contributed by atoms with van der Waals surface area (Å²) in [6.07, 6.45) is 5.21. The van der Waals surface area contributed by atoms with Gasteiger partial charge in [-0.05, 0) is 36.4 Å². The van der Waals surface area contributed by atoms with Crippen LogP contribution in [0.5, 0.6) is 0 Å². The van der Waals surface area contributed by atoms with E-state index in [9.17, 15) is 4.39 Å². The Morgan fingerprint density at radius 1 is 1.09 bits per heavy atom. The second kappa shape index (κ2) is 6.53. The van der Waals surface area contributed by atoms with Crippen molar-refractivity contribution in [3.8, 4) is 17.1 Å². The lowest BCUT2D eigenvalue weighted by Crippen LogP contribution is -2.00. The van der Waals surface area contributed by atoms with Gasteiger partial charge in [-0.15, -0.1) is 16.8 Å². The summed E-state index contributed by atoms with van der Waals surface area (Å²) in [6.45, 7) is 3.72. The molecule has 0 spiro atoms. The summed E-state index contributed by atoms with van der Waals surface area (Å²) in [6, 6.07) is 10.0. The lowest BCUT2D eigenvalue weighted by Gasteiger charge is -2.09. The van der Waals surface area contributed by atoms with E-state index in [0.29, 0.717) is 5.82 Å². The molecular weight excluding hydrogens is 299 g/mol. The molecule has 22 heavy (non-hydrogen) atoms. The van der Waals surface area contributed by atoms with Crippen molar-refractivity contribution < 1.29 is 4.39 Å². The van der Waals surface area contributed by atoms with Crippen molar-refractivity contribution in [2.24, 2.45) is 0 Å². The van der Waals surface area contributed by atoms with Gasteiger partial charge in [0, 0.05) is 29.4 Å². The van der Waals surface area contributed by atoms with Gasteiger partial charge >= 0.3 is 0 Å². The Bertz CT molecular complexity index is 769. The molecule has 0 unspecified atom stereocenters. The highest BCUT2D eigenvalue weighted by atomic mass is 32.2. The monoisotopic (exact) mass is 312 g/mol. The Hall–Kier alpha value is -2.47. The smallest absolute Gasteiger partial charge is 0.196 e. The second-order valence-electron chi connectivity index (χ2n) is 4.45. The van der Waals surface area contributed by atoms with Crippen molar-refractivity contribution in [3.05, 3.63) is 67.3 Å². The first-order valence-electron chi connectivity index (χ1n) is 6.65. The zero-order chi connectivity index (χ0) is 15.4. The Kier molecular flexibility index (Phi) is 4.29. The highest BCUT2D eigenvalue weighted by Gasteiger charge is 2.15. The highest BCUT2D eigenvalue weighted by molar-refractivity contribution is 7.99. The number of halogens is 1. The average molecular weight is 312 g/mol. The Morgan fingerprint density at radius 2 is 1.82 bits per heavy atom. The molecule has 3 aromatic rings. The van der Waals surface area contributed by atoms with Crippen molar-refractivity contribution in [2.75, 3.05) is 5.75 Å². The quantitative estimate of drug-likeness (QED) is 0.531. The number of rotatable bonds is 5. The number of thioether (sulfide) groups is 1. The first-order valence-corrected chi connectivity index (χ1v) is 7.63. The first-order chi connectivity index (χ1) is 10.8. The first kappa shape index (κ1) is 14.5. The van der Waals surface area contributed by atoms with E-state index in [4.69, 9.17) is 0 Å². The summed E-state index contributed by atoms with van der Waals surface area (Å²) in [5.41, 5.74) is 1.71. The third-order valence-electron chi connectivity index (χ3n) is 2.99. The van der Waals surface area contributed by atoms with Gasteiger partial charge < -0.3 is 0 Å². The van der Waals surface area contributed by atoms with Crippen LogP contribution < -0.4 is 0 Å². The fourth-order valence-electron chi connectivity index (χ4n) is 2.01. The van der Waals surface area contributed by atoms with Crippen LogP contribution in [0, 0.1) is 5.82 Å². The molecule has 3 rings (SSSR count). The summed E-state index contributed by atoms with van der Waals surface area (Å²) in [4.78, 5) is 4.02. The van der Waals surface area contributed by atoms with Gasteiger partial charge in [0.25, 0.3) is 0 Å². The SMILES string of the molecule is C=CCSc1nnc(-c2ccncc2)n1-c1ccc(F)cc1. The molecule has 0 bridgehead atoms. The highest BCUT2D eigenvalue weighted by Crippen LogP contribution is 2.27. The molecule has 0 amide bonds. The van der Waals surface area contributed by atoms with Crippen LogP contribution in [0.15, 0.2) is 66.6 Å². The molecule has 6 heteroatoms. The molecular formula is C16H13FN4S. The molecule has 0 saturated heterocycles. The minimum atomic E-state index is -0.275. The molecule has 0 aliphatic heterocycles. The van der Waals surface area contributed by atoms with E-state index in [2.05, 4.69) is 21.8 Å². The van der Waals surface area contributed by atoms with E-state index in [1.807, 2.05) is 16.7 Å². The number of pyridine rings is 1. The van der Waals surface area contributed by atoms with E-state index < -0.39 is 0 Å². The number of benzene rings is 1. The maximum absolute atomic E-state index is 13.2. The number of nitrogens with zero attached hydrogens (tertiary/aromatic N) is 4. The summed E-state index contributed by atoms with van der Waals surface area (Å²) in [5, 5.41) is 9.25. The van der Waals surface area contributed by atoms with Crippen LogP contribution in [0.25, 0.3) is 17.1 Å². The molecule has 0 aliphatic rings. The van der Waals surface area contributed by atoms with Crippen molar-refractivity contribution >= 4 is 11.8 Å². The van der Waals surface area contributed by atoms with Crippen LogP contribution in [0.2, 0.25) is 0 Å². The van der Waals surface area contributed by atoms with Crippen molar-refractivity contribution in [1.29, 1.82) is 0 Å². The van der Waals surface area contributed by atoms with Gasteiger partial charge in [-0.25, -0.2) is 4.39 Å². The van der Waals surface area contributed by atoms with Gasteiger partial charge in [-0.3, -0.25) is 9.55 Å². The zero-order valence-corrected chi connectivity index (χ0v) is 12.5. The summed E-state index contributed by atoms with van der Waals surface area (Å²) < 4.78 is 15.1. The fourth-order valence-corrected chi connectivity index (χ4v) is 2.69. The van der Waals surface area contributed by atoms with Crippen LogP contribution in [-0.2, 0) is 0 Å². The lowest BCUT2D eigenvalue weighted by molar-refractivity contribution is 0.627. The van der Waals surface area contributed by atoms with E-state index in [-0.39, 0.29) is 5.82 Å². The molecule has 0 radical (unpaired) electrons. The largest absolute Gasteiger partial charge is 0.270 e. The molecule has 2 heterocycles. The maximum Gasteiger partial charge on any atom is 0.196 e. The number of hydrogen-bond acceptors (Lipinski definition) is 4. The Balaban J connectivity index is 2.13. The zero-order valence-electron chi connectivity index (χ0n) is 11.7. The fraction of sp³-hybridized carbons (Fsp3) is 0.0625. The van der Waals surface area contributed by atoms with Crippen LogP contribution in [0.4, 0.5) is 4.39 Å². The van der Waals surface area contributed by atoms with Crippen molar-refractivity contribution in [3.63, 3.8) is 0 Å². The van der Waals surface area contributed by atoms with Crippen LogP contribution >= 0.6 is 11.8 Å². The van der Waals surface area contributed by atoms with Gasteiger partial charge in [-0.2, -0.15) is 0 Å². The Labute approximate surface area is 131 Å². The normalized spacial score (nSPS) is 10.6. The predicted octanol–water partition coefficient (Wildman–Crippen LogP) is 3.75. The molecule has 4 nitrogen and oxygen atoms in total. The maximum atomic E-state index is 13.2. The third kappa shape index (κ3) is 2.92. The van der Waals surface area contributed by atoms with Gasteiger partial charge in [0.1, 0.15) is 5.82 Å². The van der Waals surface area contributed by atoms with Crippen molar-refractivity contribution in [1.82, 2.24) is 19.7 Å². The number of aromatic nitrogens is 4. The van der Waals surface area contributed by atoms with Gasteiger partial charge in [0.2, 0.25) is 0 Å². The molecule has 0 saturated carbocycles. The molecule has 0 aliphatic carbocycles. The van der Waals surface area contributed by atoms with Crippen LogP contribution in [-0.4, -0.2) is 25.5 Å². The molecule has 2 aromatic heterocycles. The minimum Gasteiger partial charge on any atom is -0.270 e. The molecule has 1 aromatic carbocycles. The summed E-state index contributed by atoms with van der Waals surface area (Å²) in [7, 11) is 0. The topological polar surface area (TPSA) is 43.6 Å². The van der Waals surface area contributed by atoms with Gasteiger partial charge in [0.15, 0.2) is 11.0 Å². The minimum absolute atomic E-state index is 0.275. The Morgan fingerprint density at radius 3 is 2.50 bits per heavy atom. The second-order valence-corrected chi connectivity index (χ2v) is 5.44. The molecule has 0 atom stereocenters. The van der Waals surface area contributed by atoms with Gasteiger partial charge in [-0.1, -0.05) is 17.8 Å². The lowest BCUT2D eigenvalue weighted by atomic mass is 10.2. The van der Waals surface area contributed by atoms with E-state index in [0.717, 1.165) is 22.2 Å². The van der Waals surface area contributed by atoms with Gasteiger partial charge in [0.05, 0.1) is 0 Å². The molecule has 0 N–H and O–H groups in total. The number of hydrogen-bond donors (Lipinski definition) is 0. The summed E-state index contributed by atoms with van der Waals surface area (Å²) >= 11 is 1.52. The molecule has 0 fully saturated rings. The van der Waals surface area contributed by atoms with E-state index in [1.54, 1.807) is 30.6 Å². The average Bonchev–Trinajstić information content (AvgIpc) is 2.98. The van der Waals surface area contributed by atoms with E-state index >= 15 is 0 Å². The summed E-state index contributed by atoms with van der Waals surface area (Å²) in [5.74, 6) is 1.14.